The molecule has 1 aromatic carbocycles. The standard InChI is InChI=1S/C12H11FN2S/c1-7-15-12-9-6-8(13)2-3-10(9)14-5-4-11(12)16-7/h2-3,6,14H,4-5H2,1H3. The summed E-state index contributed by atoms with van der Waals surface area (Å²) in [5.41, 5.74) is 2.81. The highest BCUT2D eigenvalue weighted by molar-refractivity contribution is 7.12. The maximum Gasteiger partial charge on any atom is 0.124 e. The van der Waals surface area contributed by atoms with Crippen molar-refractivity contribution in [1.29, 1.82) is 0 Å². The van der Waals surface area contributed by atoms with Crippen LogP contribution in [0.25, 0.3) is 11.3 Å². The van der Waals surface area contributed by atoms with Gasteiger partial charge in [-0.3, -0.25) is 0 Å². The Morgan fingerprint density at radius 3 is 3.19 bits per heavy atom. The number of fused-ring (bicyclic) bond motifs is 3. The van der Waals surface area contributed by atoms with Gasteiger partial charge >= 0.3 is 0 Å². The van der Waals surface area contributed by atoms with Crippen molar-refractivity contribution in [2.45, 2.75) is 13.3 Å². The monoisotopic (exact) mass is 234 g/mol. The van der Waals surface area contributed by atoms with Crippen LogP contribution in [0.4, 0.5) is 10.1 Å². The topological polar surface area (TPSA) is 24.9 Å². The largest absolute Gasteiger partial charge is 0.384 e. The zero-order chi connectivity index (χ0) is 11.1. The molecule has 2 heterocycles. The molecule has 82 valence electrons. The second kappa shape index (κ2) is 3.56. The van der Waals surface area contributed by atoms with Crippen LogP contribution in [0.1, 0.15) is 9.88 Å². The van der Waals surface area contributed by atoms with E-state index in [2.05, 4.69) is 10.3 Å². The molecule has 1 aliphatic rings. The first-order chi connectivity index (χ1) is 7.74. The van der Waals surface area contributed by atoms with Gasteiger partial charge in [-0.1, -0.05) is 0 Å². The molecule has 0 saturated heterocycles. The van der Waals surface area contributed by atoms with E-state index in [4.69, 9.17) is 0 Å². The van der Waals surface area contributed by atoms with Gasteiger partial charge in [0.1, 0.15) is 5.82 Å². The highest BCUT2D eigenvalue weighted by Crippen LogP contribution is 2.36. The van der Waals surface area contributed by atoms with Crippen LogP contribution in [0.3, 0.4) is 0 Å². The lowest BCUT2D eigenvalue weighted by Gasteiger charge is -2.06. The van der Waals surface area contributed by atoms with Crippen molar-refractivity contribution in [2.24, 2.45) is 0 Å². The van der Waals surface area contributed by atoms with Crippen molar-refractivity contribution in [1.82, 2.24) is 4.98 Å². The molecule has 3 rings (SSSR count). The van der Waals surface area contributed by atoms with Gasteiger partial charge in [-0.05, 0) is 25.1 Å². The second-order valence-electron chi connectivity index (χ2n) is 3.87. The Morgan fingerprint density at radius 1 is 1.44 bits per heavy atom. The molecule has 0 aliphatic carbocycles. The van der Waals surface area contributed by atoms with E-state index in [-0.39, 0.29) is 5.82 Å². The molecule has 0 unspecified atom stereocenters. The fourth-order valence-corrected chi connectivity index (χ4v) is 2.98. The molecule has 16 heavy (non-hydrogen) atoms. The molecule has 1 N–H and O–H groups in total. The average molecular weight is 234 g/mol. The molecule has 1 aromatic heterocycles. The first kappa shape index (κ1) is 9.78. The minimum Gasteiger partial charge on any atom is -0.384 e. The lowest BCUT2D eigenvalue weighted by atomic mass is 10.1. The van der Waals surface area contributed by atoms with Gasteiger partial charge in [0, 0.05) is 29.1 Å². The first-order valence-corrected chi connectivity index (χ1v) is 6.06. The van der Waals surface area contributed by atoms with Crippen LogP contribution < -0.4 is 5.32 Å². The SMILES string of the molecule is Cc1nc2c(s1)CCNc1ccc(F)cc1-2. The second-order valence-corrected chi connectivity index (χ2v) is 5.16. The number of benzene rings is 1. The van der Waals surface area contributed by atoms with Crippen LogP contribution in [-0.4, -0.2) is 11.5 Å². The summed E-state index contributed by atoms with van der Waals surface area (Å²) in [7, 11) is 0. The number of halogens is 1. The quantitative estimate of drug-likeness (QED) is 0.757. The van der Waals surface area contributed by atoms with Gasteiger partial charge in [0.05, 0.1) is 10.7 Å². The molecule has 2 aromatic rings. The van der Waals surface area contributed by atoms with Gasteiger partial charge in [0.25, 0.3) is 0 Å². The van der Waals surface area contributed by atoms with Crippen molar-refractivity contribution < 1.29 is 4.39 Å². The van der Waals surface area contributed by atoms with Crippen LogP contribution in [0.5, 0.6) is 0 Å². The molecule has 0 amide bonds. The van der Waals surface area contributed by atoms with Gasteiger partial charge < -0.3 is 5.32 Å². The summed E-state index contributed by atoms with van der Waals surface area (Å²) in [4.78, 5) is 5.75. The van der Waals surface area contributed by atoms with Crippen LogP contribution in [-0.2, 0) is 6.42 Å². The Kier molecular flexibility index (Phi) is 2.17. The summed E-state index contributed by atoms with van der Waals surface area (Å²) in [5.74, 6) is -0.209. The summed E-state index contributed by atoms with van der Waals surface area (Å²) in [6.07, 6.45) is 0.955. The number of hydrogen-bond donors (Lipinski definition) is 1. The van der Waals surface area contributed by atoms with E-state index < -0.39 is 0 Å². The van der Waals surface area contributed by atoms with Crippen molar-refractivity contribution in [2.75, 3.05) is 11.9 Å². The Labute approximate surface area is 97.2 Å². The highest BCUT2D eigenvalue weighted by atomic mass is 32.1. The Morgan fingerprint density at radius 2 is 2.31 bits per heavy atom. The molecule has 2 nitrogen and oxygen atoms in total. The molecule has 0 radical (unpaired) electrons. The zero-order valence-corrected chi connectivity index (χ0v) is 9.70. The summed E-state index contributed by atoms with van der Waals surface area (Å²) in [5, 5.41) is 4.35. The summed E-state index contributed by atoms with van der Waals surface area (Å²) >= 11 is 1.70. The molecule has 0 fully saturated rings. The minimum atomic E-state index is -0.209. The minimum absolute atomic E-state index is 0.209. The van der Waals surface area contributed by atoms with Crippen LogP contribution in [0.15, 0.2) is 18.2 Å². The number of anilines is 1. The van der Waals surface area contributed by atoms with E-state index in [1.54, 1.807) is 23.5 Å². The lowest BCUT2D eigenvalue weighted by Crippen LogP contribution is -2.01. The van der Waals surface area contributed by atoms with Gasteiger partial charge in [-0.25, -0.2) is 9.37 Å². The lowest BCUT2D eigenvalue weighted by molar-refractivity contribution is 0.628. The maximum absolute atomic E-state index is 13.3. The molecule has 0 bridgehead atoms. The van der Waals surface area contributed by atoms with E-state index in [1.165, 1.54) is 10.9 Å². The predicted molar refractivity (Wildman–Crippen MR) is 64.4 cm³/mol. The normalized spacial score (nSPS) is 13.6. The van der Waals surface area contributed by atoms with Gasteiger partial charge in [0.2, 0.25) is 0 Å². The number of hydrogen-bond acceptors (Lipinski definition) is 3. The van der Waals surface area contributed by atoms with Crippen molar-refractivity contribution >= 4 is 17.0 Å². The van der Waals surface area contributed by atoms with Crippen LogP contribution >= 0.6 is 11.3 Å². The molecule has 0 spiro atoms. The third-order valence-corrected chi connectivity index (χ3v) is 3.74. The highest BCUT2D eigenvalue weighted by Gasteiger charge is 2.18. The first-order valence-electron chi connectivity index (χ1n) is 5.24. The van der Waals surface area contributed by atoms with Crippen molar-refractivity contribution in [3.05, 3.63) is 33.9 Å². The fraction of sp³-hybridized carbons (Fsp3) is 0.250. The molecule has 0 saturated carbocycles. The van der Waals surface area contributed by atoms with Crippen LogP contribution in [0, 0.1) is 12.7 Å². The fourth-order valence-electron chi connectivity index (χ4n) is 2.03. The number of aryl methyl sites for hydroxylation is 1. The maximum atomic E-state index is 13.3. The Balaban J connectivity index is 2.27. The number of nitrogens with zero attached hydrogens (tertiary/aromatic N) is 1. The Hall–Kier alpha value is -1.42. The van der Waals surface area contributed by atoms with Crippen molar-refractivity contribution in [3.8, 4) is 11.3 Å². The molecule has 4 heteroatoms. The van der Waals surface area contributed by atoms with Crippen LogP contribution in [0.2, 0.25) is 0 Å². The molecule has 0 atom stereocenters. The van der Waals surface area contributed by atoms with Gasteiger partial charge in [-0.2, -0.15) is 0 Å². The third-order valence-electron chi connectivity index (χ3n) is 2.71. The number of nitrogens with one attached hydrogen (secondary N) is 1. The molecular formula is C12H11FN2S. The number of aromatic nitrogens is 1. The van der Waals surface area contributed by atoms with E-state index in [0.717, 1.165) is 34.9 Å². The Bertz CT molecular complexity index is 548. The zero-order valence-electron chi connectivity index (χ0n) is 8.88. The summed E-state index contributed by atoms with van der Waals surface area (Å²) < 4.78 is 13.3. The summed E-state index contributed by atoms with van der Waals surface area (Å²) in [6.45, 7) is 2.87. The molecular weight excluding hydrogens is 223 g/mol. The predicted octanol–water partition coefficient (Wildman–Crippen LogP) is 3.23. The van der Waals surface area contributed by atoms with Gasteiger partial charge in [-0.15, -0.1) is 11.3 Å². The van der Waals surface area contributed by atoms with E-state index in [1.807, 2.05) is 6.92 Å². The van der Waals surface area contributed by atoms with E-state index in [0.29, 0.717) is 0 Å². The van der Waals surface area contributed by atoms with E-state index >= 15 is 0 Å². The summed E-state index contributed by atoms with van der Waals surface area (Å²) in [6, 6.07) is 4.83. The number of rotatable bonds is 0. The van der Waals surface area contributed by atoms with E-state index in [9.17, 15) is 4.39 Å². The van der Waals surface area contributed by atoms with Gasteiger partial charge in [0.15, 0.2) is 0 Å². The number of thiazole rings is 1. The smallest absolute Gasteiger partial charge is 0.124 e. The average Bonchev–Trinajstić information content (AvgIpc) is 2.54. The third kappa shape index (κ3) is 1.50. The molecule has 1 aliphatic heterocycles. The van der Waals surface area contributed by atoms with Crippen molar-refractivity contribution in [3.63, 3.8) is 0 Å².